The van der Waals surface area contributed by atoms with Gasteiger partial charge in [0, 0.05) is 49.1 Å². The molecular formula is C12H18BrN3. The third kappa shape index (κ3) is 3.03. The summed E-state index contributed by atoms with van der Waals surface area (Å²) in [4.78, 5) is 6.75. The van der Waals surface area contributed by atoms with Crippen molar-refractivity contribution in [2.24, 2.45) is 0 Å². The third-order valence-corrected chi connectivity index (χ3v) is 3.52. The number of hydrogen-bond donors (Lipinski definition) is 1. The van der Waals surface area contributed by atoms with E-state index in [0.717, 1.165) is 30.7 Å². The molecule has 0 aliphatic carbocycles. The highest BCUT2D eigenvalue weighted by atomic mass is 79.9. The molecular weight excluding hydrogens is 266 g/mol. The number of halogens is 1. The molecule has 0 bridgehead atoms. The molecule has 4 heteroatoms. The van der Waals surface area contributed by atoms with Gasteiger partial charge in [-0.05, 0) is 34.0 Å². The van der Waals surface area contributed by atoms with E-state index < -0.39 is 0 Å². The highest BCUT2D eigenvalue weighted by molar-refractivity contribution is 9.10. The topological polar surface area (TPSA) is 28.2 Å². The lowest BCUT2D eigenvalue weighted by Crippen LogP contribution is -2.50. The number of piperazine rings is 1. The van der Waals surface area contributed by atoms with Gasteiger partial charge in [-0.15, -0.1) is 0 Å². The molecule has 1 fully saturated rings. The minimum atomic E-state index is 0.660. The largest absolute Gasteiger partial charge is 0.314 e. The quantitative estimate of drug-likeness (QED) is 0.920. The Morgan fingerprint density at radius 2 is 2.44 bits per heavy atom. The van der Waals surface area contributed by atoms with Gasteiger partial charge in [0.1, 0.15) is 0 Å². The second-order valence-corrected chi connectivity index (χ2v) is 5.16. The Morgan fingerprint density at radius 1 is 1.56 bits per heavy atom. The molecule has 0 saturated carbocycles. The molecule has 2 rings (SSSR count). The zero-order valence-electron chi connectivity index (χ0n) is 9.62. The van der Waals surface area contributed by atoms with E-state index in [4.69, 9.17) is 0 Å². The molecule has 1 atom stereocenters. The fourth-order valence-corrected chi connectivity index (χ4v) is 2.60. The minimum Gasteiger partial charge on any atom is -0.314 e. The van der Waals surface area contributed by atoms with Crippen LogP contribution in [0.25, 0.3) is 0 Å². The van der Waals surface area contributed by atoms with E-state index >= 15 is 0 Å². The average molecular weight is 284 g/mol. The van der Waals surface area contributed by atoms with Gasteiger partial charge < -0.3 is 5.32 Å². The molecule has 16 heavy (non-hydrogen) atoms. The maximum atomic E-state index is 4.21. The van der Waals surface area contributed by atoms with Gasteiger partial charge >= 0.3 is 0 Å². The number of hydrogen-bond acceptors (Lipinski definition) is 3. The van der Waals surface area contributed by atoms with Crippen LogP contribution in [0.5, 0.6) is 0 Å². The fourth-order valence-electron chi connectivity index (χ4n) is 2.19. The van der Waals surface area contributed by atoms with Gasteiger partial charge in [-0.25, -0.2) is 0 Å². The summed E-state index contributed by atoms with van der Waals surface area (Å²) >= 11 is 3.47. The Hall–Kier alpha value is -0.450. The Morgan fingerprint density at radius 3 is 3.19 bits per heavy atom. The number of rotatable bonds is 3. The van der Waals surface area contributed by atoms with Gasteiger partial charge in [0.25, 0.3) is 0 Å². The summed E-state index contributed by atoms with van der Waals surface area (Å²) in [5, 5.41) is 3.45. The van der Waals surface area contributed by atoms with Crippen molar-refractivity contribution in [2.45, 2.75) is 25.9 Å². The molecule has 0 spiro atoms. The monoisotopic (exact) mass is 283 g/mol. The van der Waals surface area contributed by atoms with Crippen LogP contribution in [0.4, 0.5) is 0 Å². The van der Waals surface area contributed by atoms with Gasteiger partial charge in [-0.3, -0.25) is 9.88 Å². The Labute approximate surface area is 105 Å². The van der Waals surface area contributed by atoms with Crippen molar-refractivity contribution in [1.82, 2.24) is 15.2 Å². The first-order chi connectivity index (χ1) is 7.79. The maximum Gasteiger partial charge on any atom is 0.0410 e. The van der Waals surface area contributed by atoms with E-state index in [1.807, 2.05) is 12.4 Å². The van der Waals surface area contributed by atoms with Crippen LogP contribution in [0.15, 0.2) is 22.9 Å². The SMILES string of the molecule is CCC1CNCCN1Cc1cncc(Br)c1. The average Bonchev–Trinajstić information content (AvgIpc) is 2.30. The maximum absolute atomic E-state index is 4.21. The van der Waals surface area contributed by atoms with E-state index in [2.05, 4.69) is 44.1 Å². The van der Waals surface area contributed by atoms with Crippen LogP contribution in [-0.2, 0) is 6.54 Å². The normalized spacial score (nSPS) is 22.2. The summed E-state index contributed by atoms with van der Waals surface area (Å²) in [7, 11) is 0. The van der Waals surface area contributed by atoms with E-state index in [1.54, 1.807) is 0 Å². The smallest absolute Gasteiger partial charge is 0.0410 e. The molecule has 1 aromatic rings. The third-order valence-electron chi connectivity index (χ3n) is 3.09. The fraction of sp³-hybridized carbons (Fsp3) is 0.583. The molecule has 1 saturated heterocycles. The summed E-state index contributed by atoms with van der Waals surface area (Å²) in [5.41, 5.74) is 1.29. The van der Waals surface area contributed by atoms with Crippen molar-refractivity contribution >= 4 is 15.9 Å². The number of aromatic nitrogens is 1. The van der Waals surface area contributed by atoms with Crippen molar-refractivity contribution in [2.75, 3.05) is 19.6 Å². The van der Waals surface area contributed by atoms with Crippen LogP contribution in [0.1, 0.15) is 18.9 Å². The highest BCUT2D eigenvalue weighted by Gasteiger charge is 2.20. The summed E-state index contributed by atoms with van der Waals surface area (Å²) in [6, 6.07) is 2.81. The molecule has 1 N–H and O–H groups in total. The van der Waals surface area contributed by atoms with Gasteiger partial charge in [-0.1, -0.05) is 6.92 Å². The van der Waals surface area contributed by atoms with E-state index in [9.17, 15) is 0 Å². The van der Waals surface area contributed by atoms with Gasteiger partial charge in [0.15, 0.2) is 0 Å². The highest BCUT2D eigenvalue weighted by Crippen LogP contribution is 2.15. The summed E-state index contributed by atoms with van der Waals surface area (Å²) < 4.78 is 1.06. The summed E-state index contributed by atoms with van der Waals surface area (Å²) in [6.07, 6.45) is 4.99. The van der Waals surface area contributed by atoms with E-state index in [-0.39, 0.29) is 0 Å². The Balaban J connectivity index is 2.02. The van der Waals surface area contributed by atoms with Crippen molar-refractivity contribution in [3.05, 3.63) is 28.5 Å². The predicted octanol–water partition coefficient (Wildman–Crippen LogP) is 2.03. The number of nitrogens with zero attached hydrogens (tertiary/aromatic N) is 2. The summed E-state index contributed by atoms with van der Waals surface area (Å²) in [6.45, 7) is 6.59. The van der Waals surface area contributed by atoms with Gasteiger partial charge in [0.05, 0.1) is 0 Å². The predicted molar refractivity (Wildman–Crippen MR) is 69.3 cm³/mol. The lowest BCUT2D eigenvalue weighted by Gasteiger charge is -2.35. The first-order valence-electron chi connectivity index (χ1n) is 5.83. The Bertz CT molecular complexity index is 343. The lowest BCUT2D eigenvalue weighted by atomic mass is 10.1. The van der Waals surface area contributed by atoms with Crippen LogP contribution in [0, 0.1) is 0 Å². The Kier molecular flexibility index (Phi) is 4.32. The number of pyridine rings is 1. The zero-order chi connectivity index (χ0) is 11.4. The molecule has 1 aliphatic heterocycles. The van der Waals surface area contributed by atoms with Crippen LogP contribution in [0.2, 0.25) is 0 Å². The van der Waals surface area contributed by atoms with Gasteiger partial charge in [-0.2, -0.15) is 0 Å². The number of nitrogens with one attached hydrogen (secondary N) is 1. The van der Waals surface area contributed by atoms with Crippen LogP contribution in [-0.4, -0.2) is 35.6 Å². The molecule has 3 nitrogen and oxygen atoms in total. The molecule has 1 aromatic heterocycles. The zero-order valence-corrected chi connectivity index (χ0v) is 11.2. The molecule has 1 unspecified atom stereocenters. The van der Waals surface area contributed by atoms with Crippen molar-refractivity contribution in [3.63, 3.8) is 0 Å². The summed E-state index contributed by atoms with van der Waals surface area (Å²) in [5.74, 6) is 0. The second kappa shape index (κ2) is 5.75. The molecule has 0 radical (unpaired) electrons. The lowest BCUT2D eigenvalue weighted by molar-refractivity contribution is 0.149. The second-order valence-electron chi connectivity index (χ2n) is 4.25. The van der Waals surface area contributed by atoms with Gasteiger partial charge in [0.2, 0.25) is 0 Å². The first-order valence-corrected chi connectivity index (χ1v) is 6.63. The van der Waals surface area contributed by atoms with Crippen LogP contribution >= 0.6 is 15.9 Å². The van der Waals surface area contributed by atoms with E-state index in [1.165, 1.54) is 12.0 Å². The molecule has 1 aliphatic rings. The molecule has 0 amide bonds. The molecule has 0 aromatic carbocycles. The molecule has 88 valence electrons. The standard InChI is InChI=1S/C12H18BrN3/c1-2-12-8-14-3-4-16(12)9-10-5-11(13)7-15-6-10/h5-7,12,14H,2-4,8-9H2,1H3. The first kappa shape index (κ1) is 12.0. The van der Waals surface area contributed by atoms with Crippen molar-refractivity contribution in [1.29, 1.82) is 0 Å². The van der Waals surface area contributed by atoms with Crippen molar-refractivity contribution in [3.8, 4) is 0 Å². The molecule has 2 heterocycles. The van der Waals surface area contributed by atoms with Crippen LogP contribution in [0.3, 0.4) is 0 Å². The minimum absolute atomic E-state index is 0.660. The van der Waals surface area contributed by atoms with E-state index in [0.29, 0.717) is 6.04 Å². The van der Waals surface area contributed by atoms with Crippen LogP contribution < -0.4 is 5.32 Å². The van der Waals surface area contributed by atoms with Crippen molar-refractivity contribution < 1.29 is 0 Å².